The molecule has 0 aromatic carbocycles. The molecule has 1 aromatic heterocycles. The van der Waals surface area contributed by atoms with Gasteiger partial charge in [0.25, 0.3) is 0 Å². The molecule has 2 saturated heterocycles. The maximum Gasteiger partial charge on any atom is 0.175 e. The standard InChI is InChI=1S/C16H28N6O/c1-2-12-9-14(12)17-13-10-16(23-11-13)4-7-22(8-5-16)6-3-15-18-20-21-19-15/h12-14,17H,2-11H2,1H3,(H,18,19,20,21)/t12-,13?,14-/m1/s1. The average molecular weight is 320 g/mol. The molecule has 0 bridgehead atoms. The van der Waals surface area contributed by atoms with Gasteiger partial charge >= 0.3 is 0 Å². The molecule has 2 N–H and O–H groups in total. The highest BCUT2D eigenvalue weighted by Crippen LogP contribution is 2.39. The number of nitrogens with one attached hydrogen (secondary N) is 2. The minimum absolute atomic E-state index is 0.136. The van der Waals surface area contributed by atoms with Gasteiger partial charge in [-0.25, -0.2) is 0 Å². The van der Waals surface area contributed by atoms with Gasteiger partial charge in [0.05, 0.1) is 12.2 Å². The first kappa shape index (κ1) is 15.5. The quantitative estimate of drug-likeness (QED) is 0.805. The molecule has 3 heterocycles. The van der Waals surface area contributed by atoms with Crippen LogP contribution in [0, 0.1) is 5.92 Å². The molecule has 1 aliphatic carbocycles. The van der Waals surface area contributed by atoms with Crippen LogP contribution in [0.15, 0.2) is 0 Å². The lowest BCUT2D eigenvalue weighted by atomic mass is 9.87. The normalized spacial score (nSPS) is 33.3. The number of aromatic amines is 1. The van der Waals surface area contributed by atoms with Crippen molar-refractivity contribution in [1.29, 1.82) is 0 Å². The highest BCUT2D eigenvalue weighted by molar-refractivity contribution is 5.00. The highest BCUT2D eigenvalue weighted by Gasteiger charge is 2.45. The van der Waals surface area contributed by atoms with Gasteiger partial charge in [-0.1, -0.05) is 18.6 Å². The van der Waals surface area contributed by atoms with E-state index >= 15 is 0 Å². The summed E-state index contributed by atoms with van der Waals surface area (Å²) in [6.07, 6.45) is 7.04. The second-order valence-electron chi connectivity index (χ2n) is 7.49. The van der Waals surface area contributed by atoms with Gasteiger partial charge in [0.15, 0.2) is 5.82 Å². The van der Waals surface area contributed by atoms with E-state index in [-0.39, 0.29) is 5.60 Å². The summed E-state index contributed by atoms with van der Waals surface area (Å²) in [6.45, 7) is 6.44. The summed E-state index contributed by atoms with van der Waals surface area (Å²) in [4.78, 5) is 2.50. The molecule has 128 valence electrons. The molecule has 2 aliphatic heterocycles. The van der Waals surface area contributed by atoms with Crippen molar-refractivity contribution in [3.8, 4) is 0 Å². The molecular formula is C16H28N6O. The topological polar surface area (TPSA) is 79.0 Å². The molecule has 1 saturated carbocycles. The fraction of sp³-hybridized carbons (Fsp3) is 0.938. The van der Waals surface area contributed by atoms with Crippen molar-refractivity contribution in [3.05, 3.63) is 5.82 Å². The summed E-state index contributed by atoms with van der Waals surface area (Å²) < 4.78 is 6.26. The van der Waals surface area contributed by atoms with E-state index in [9.17, 15) is 0 Å². The van der Waals surface area contributed by atoms with E-state index in [2.05, 4.69) is 37.8 Å². The van der Waals surface area contributed by atoms with E-state index in [0.717, 1.165) is 63.3 Å². The lowest BCUT2D eigenvalue weighted by molar-refractivity contribution is -0.0433. The van der Waals surface area contributed by atoms with E-state index in [1.807, 2.05) is 0 Å². The van der Waals surface area contributed by atoms with Crippen molar-refractivity contribution in [2.24, 2.45) is 5.92 Å². The molecule has 1 aromatic rings. The zero-order valence-electron chi connectivity index (χ0n) is 14.0. The fourth-order valence-electron chi connectivity index (χ4n) is 4.24. The van der Waals surface area contributed by atoms with Crippen LogP contribution >= 0.6 is 0 Å². The molecular weight excluding hydrogens is 292 g/mol. The van der Waals surface area contributed by atoms with Crippen molar-refractivity contribution in [3.63, 3.8) is 0 Å². The Kier molecular flexibility index (Phi) is 4.34. The number of tetrazole rings is 1. The molecule has 3 aliphatic rings. The SMILES string of the molecule is CC[C@@H]1C[C@H]1NC1COC2(CCN(CCc3nn[nH]n3)CC2)C1. The summed E-state index contributed by atoms with van der Waals surface area (Å²) in [5, 5.41) is 18.0. The van der Waals surface area contributed by atoms with Crippen LogP contribution in [-0.2, 0) is 11.2 Å². The number of H-pyrrole nitrogens is 1. The van der Waals surface area contributed by atoms with Gasteiger partial charge in [-0.2, -0.15) is 5.21 Å². The Morgan fingerprint density at radius 1 is 1.39 bits per heavy atom. The first-order valence-electron chi connectivity index (χ1n) is 9.11. The number of likely N-dealkylation sites (tertiary alicyclic amines) is 1. The van der Waals surface area contributed by atoms with Crippen molar-refractivity contribution in [2.45, 2.75) is 63.1 Å². The second-order valence-corrected chi connectivity index (χ2v) is 7.49. The number of hydrogen-bond donors (Lipinski definition) is 2. The molecule has 0 radical (unpaired) electrons. The van der Waals surface area contributed by atoms with Gasteiger partial charge in [-0.05, 0) is 31.6 Å². The summed E-state index contributed by atoms with van der Waals surface area (Å²) in [6, 6.07) is 1.33. The second kappa shape index (κ2) is 6.45. The predicted octanol–water partition coefficient (Wildman–Crippen LogP) is 0.754. The first-order valence-corrected chi connectivity index (χ1v) is 9.11. The van der Waals surface area contributed by atoms with Crippen molar-refractivity contribution in [2.75, 3.05) is 26.2 Å². The smallest absolute Gasteiger partial charge is 0.175 e. The molecule has 1 spiro atoms. The van der Waals surface area contributed by atoms with Crippen LogP contribution in [-0.4, -0.2) is 69.4 Å². The summed E-state index contributed by atoms with van der Waals surface area (Å²) in [5.41, 5.74) is 0.136. The van der Waals surface area contributed by atoms with Crippen LogP contribution in [0.1, 0.15) is 44.9 Å². The molecule has 7 nitrogen and oxygen atoms in total. The largest absolute Gasteiger partial charge is 0.373 e. The van der Waals surface area contributed by atoms with Crippen LogP contribution in [0.3, 0.4) is 0 Å². The number of rotatable bonds is 6. The fourth-order valence-corrected chi connectivity index (χ4v) is 4.24. The van der Waals surface area contributed by atoms with Gasteiger partial charge in [0.1, 0.15) is 0 Å². The Hall–Kier alpha value is -1.05. The Morgan fingerprint density at radius 2 is 2.26 bits per heavy atom. The van der Waals surface area contributed by atoms with Crippen LogP contribution < -0.4 is 5.32 Å². The van der Waals surface area contributed by atoms with Crippen molar-refractivity contribution < 1.29 is 4.74 Å². The highest BCUT2D eigenvalue weighted by atomic mass is 16.5. The third-order valence-electron chi connectivity index (χ3n) is 5.91. The summed E-state index contributed by atoms with van der Waals surface area (Å²) in [5.74, 6) is 1.72. The maximum absolute atomic E-state index is 6.26. The van der Waals surface area contributed by atoms with Crippen LogP contribution in [0.5, 0.6) is 0 Å². The van der Waals surface area contributed by atoms with E-state index < -0.39 is 0 Å². The third kappa shape index (κ3) is 3.56. The molecule has 3 atom stereocenters. The monoisotopic (exact) mass is 320 g/mol. The van der Waals surface area contributed by atoms with Crippen molar-refractivity contribution >= 4 is 0 Å². The molecule has 7 heteroatoms. The van der Waals surface area contributed by atoms with Crippen molar-refractivity contribution in [1.82, 2.24) is 30.8 Å². The zero-order valence-corrected chi connectivity index (χ0v) is 14.0. The summed E-state index contributed by atoms with van der Waals surface area (Å²) >= 11 is 0. The molecule has 23 heavy (non-hydrogen) atoms. The Morgan fingerprint density at radius 3 is 2.96 bits per heavy atom. The minimum atomic E-state index is 0.136. The van der Waals surface area contributed by atoms with Crippen LogP contribution in [0.2, 0.25) is 0 Å². The number of aromatic nitrogens is 4. The Labute approximate surface area is 137 Å². The lowest BCUT2D eigenvalue weighted by Crippen LogP contribution is -2.45. The average Bonchev–Trinajstić information content (AvgIpc) is 2.96. The van der Waals surface area contributed by atoms with E-state index in [0.29, 0.717) is 6.04 Å². The Balaban J connectivity index is 1.20. The maximum atomic E-state index is 6.26. The third-order valence-corrected chi connectivity index (χ3v) is 5.91. The molecule has 0 amide bonds. The van der Waals surface area contributed by atoms with E-state index in [1.54, 1.807) is 0 Å². The van der Waals surface area contributed by atoms with Crippen LogP contribution in [0.4, 0.5) is 0 Å². The van der Waals surface area contributed by atoms with Crippen LogP contribution in [0.25, 0.3) is 0 Å². The zero-order chi connectivity index (χ0) is 15.7. The lowest BCUT2D eigenvalue weighted by Gasteiger charge is -2.38. The molecule has 4 rings (SSSR count). The number of ether oxygens (including phenoxy) is 1. The van der Waals surface area contributed by atoms with Gasteiger partial charge in [0, 0.05) is 38.1 Å². The van der Waals surface area contributed by atoms with Gasteiger partial charge in [0.2, 0.25) is 0 Å². The van der Waals surface area contributed by atoms with Gasteiger partial charge < -0.3 is 15.0 Å². The number of hydrogen-bond acceptors (Lipinski definition) is 6. The van der Waals surface area contributed by atoms with E-state index in [4.69, 9.17) is 4.74 Å². The molecule has 1 unspecified atom stereocenters. The predicted molar refractivity (Wildman–Crippen MR) is 86.0 cm³/mol. The summed E-state index contributed by atoms with van der Waals surface area (Å²) in [7, 11) is 0. The minimum Gasteiger partial charge on any atom is -0.373 e. The van der Waals surface area contributed by atoms with Gasteiger partial charge in [-0.3, -0.25) is 0 Å². The number of piperidine rings is 1. The number of nitrogens with zero attached hydrogens (tertiary/aromatic N) is 4. The van der Waals surface area contributed by atoms with Gasteiger partial charge in [-0.15, -0.1) is 10.2 Å². The molecule has 3 fully saturated rings. The first-order chi connectivity index (χ1) is 11.3. The Bertz CT molecular complexity index is 499. The van der Waals surface area contributed by atoms with E-state index in [1.165, 1.54) is 19.3 Å².